The van der Waals surface area contributed by atoms with Crippen molar-refractivity contribution in [3.8, 4) is 0 Å². The van der Waals surface area contributed by atoms with Crippen LogP contribution >= 0.6 is 0 Å². The van der Waals surface area contributed by atoms with E-state index in [2.05, 4.69) is 25.3 Å². The summed E-state index contributed by atoms with van der Waals surface area (Å²) in [7, 11) is 1.32. The average Bonchev–Trinajstić information content (AvgIpc) is 2.77. The third-order valence-electron chi connectivity index (χ3n) is 4.13. The topological polar surface area (TPSA) is 128 Å². The van der Waals surface area contributed by atoms with Gasteiger partial charge >= 0.3 is 11.9 Å². The van der Waals surface area contributed by atoms with Crippen LogP contribution in [0.2, 0.25) is 0 Å². The zero-order valence-corrected chi connectivity index (χ0v) is 16.5. The van der Waals surface area contributed by atoms with Crippen LogP contribution in [0.3, 0.4) is 0 Å². The number of ether oxygens (including phenoxy) is 2. The van der Waals surface area contributed by atoms with Gasteiger partial charge in [0.2, 0.25) is 0 Å². The fraction of sp³-hybridized carbons (Fsp3) is 0.143. The summed E-state index contributed by atoms with van der Waals surface area (Å²) in [5.41, 5.74) is 8.46. The molecule has 0 fully saturated rings. The van der Waals surface area contributed by atoms with Gasteiger partial charge in [-0.15, -0.1) is 0 Å². The van der Waals surface area contributed by atoms with Crippen LogP contribution in [0.15, 0.2) is 54.9 Å². The Morgan fingerprint density at radius 3 is 2.30 bits per heavy atom. The minimum atomic E-state index is -0.447. The standard InChI is InChI=1S/C21H21N5O4/c1-3-30-21(28)15-6-4-5-7-16(15)26-19-17(22)18(23-12-24-19)25-14-10-8-13(9-11-14)20(27)29-2/h4-12H,3,22H2,1-2H3,(H2,23,24,25,26). The van der Waals surface area contributed by atoms with Crippen LogP contribution in [0.25, 0.3) is 0 Å². The van der Waals surface area contributed by atoms with Crippen molar-refractivity contribution < 1.29 is 19.1 Å². The van der Waals surface area contributed by atoms with Gasteiger partial charge in [0.1, 0.15) is 12.0 Å². The minimum absolute atomic E-state index is 0.258. The van der Waals surface area contributed by atoms with Crippen LogP contribution in [0, 0.1) is 0 Å². The number of hydrogen-bond acceptors (Lipinski definition) is 9. The second-order valence-corrected chi connectivity index (χ2v) is 6.07. The Morgan fingerprint density at radius 2 is 1.63 bits per heavy atom. The van der Waals surface area contributed by atoms with Gasteiger partial charge < -0.3 is 25.8 Å². The molecule has 1 aromatic heterocycles. The van der Waals surface area contributed by atoms with E-state index in [9.17, 15) is 9.59 Å². The first-order valence-corrected chi connectivity index (χ1v) is 9.12. The lowest BCUT2D eigenvalue weighted by molar-refractivity contribution is 0.0526. The van der Waals surface area contributed by atoms with E-state index in [1.807, 2.05) is 0 Å². The summed E-state index contributed by atoms with van der Waals surface area (Å²) in [6.45, 7) is 2.01. The summed E-state index contributed by atoms with van der Waals surface area (Å²) in [5.74, 6) is -0.172. The Morgan fingerprint density at radius 1 is 0.967 bits per heavy atom. The molecular formula is C21H21N5O4. The number of nitrogens with two attached hydrogens (primary N) is 1. The third-order valence-corrected chi connectivity index (χ3v) is 4.13. The maximum absolute atomic E-state index is 12.2. The first-order valence-electron chi connectivity index (χ1n) is 9.12. The summed E-state index contributed by atoms with van der Waals surface area (Å²) >= 11 is 0. The maximum atomic E-state index is 12.2. The molecule has 0 atom stereocenters. The number of rotatable bonds is 7. The molecule has 0 aliphatic carbocycles. The van der Waals surface area contributed by atoms with Crippen molar-refractivity contribution in [3.05, 3.63) is 66.0 Å². The van der Waals surface area contributed by atoms with E-state index in [4.69, 9.17) is 10.5 Å². The van der Waals surface area contributed by atoms with Crippen LogP contribution < -0.4 is 16.4 Å². The van der Waals surface area contributed by atoms with Gasteiger partial charge in [-0.1, -0.05) is 12.1 Å². The number of para-hydroxylation sites is 1. The highest BCUT2D eigenvalue weighted by Gasteiger charge is 2.15. The zero-order valence-electron chi connectivity index (χ0n) is 16.5. The molecule has 0 amide bonds. The van der Waals surface area contributed by atoms with Crippen molar-refractivity contribution in [1.82, 2.24) is 9.97 Å². The first kappa shape index (κ1) is 20.6. The first-order chi connectivity index (χ1) is 14.5. The van der Waals surface area contributed by atoms with Gasteiger partial charge in [0.15, 0.2) is 11.6 Å². The number of esters is 2. The predicted molar refractivity (Wildman–Crippen MR) is 113 cm³/mol. The number of carbonyl (C=O) groups is 2. The molecule has 0 radical (unpaired) electrons. The molecule has 3 rings (SSSR count). The largest absolute Gasteiger partial charge is 0.465 e. The number of aromatic nitrogens is 2. The van der Waals surface area contributed by atoms with Gasteiger partial charge in [0.05, 0.1) is 30.5 Å². The van der Waals surface area contributed by atoms with Crippen LogP contribution in [0.1, 0.15) is 27.6 Å². The summed E-state index contributed by atoms with van der Waals surface area (Å²) < 4.78 is 9.77. The number of anilines is 5. The number of benzene rings is 2. The van der Waals surface area contributed by atoms with E-state index in [-0.39, 0.29) is 12.3 Å². The lowest BCUT2D eigenvalue weighted by Crippen LogP contribution is -2.10. The quantitative estimate of drug-likeness (QED) is 0.504. The van der Waals surface area contributed by atoms with E-state index in [1.54, 1.807) is 55.5 Å². The van der Waals surface area contributed by atoms with Crippen molar-refractivity contribution in [2.45, 2.75) is 6.92 Å². The highest BCUT2D eigenvalue weighted by molar-refractivity contribution is 5.97. The summed E-state index contributed by atoms with van der Waals surface area (Å²) in [6.07, 6.45) is 1.34. The predicted octanol–water partition coefficient (Wildman–Crippen LogP) is 3.51. The Bertz CT molecular complexity index is 1050. The Hall–Kier alpha value is -4.14. The van der Waals surface area contributed by atoms with Crippen molar-refractivity contribution in [2.24, 2.45) is 0 Å². The molecule has 9 nitrogen and oxygen atoms in total. The summed E-state index contributed by atoms with van der Waals surface area (Å²) in [6, 6.07) is 13.6. The Labute approximate surface area is 173 Å². The second kappa shape index (κ2) is 9.37. The Balaban J connectivity index is 1.83. The maximum Gasteiger partial charge on any atom is 0.340 e. The van der Waals surface area contributed by atoms with Crippen LogP contribution in [0.4, 0.5) is 28.7 Å². The smallest absolute Gasteiger partial charge is 0.340 e. The number of carbonyl (C=O) groups excluding carboxylic acids is 2. The van der Waals surface area contributed by atoms with E-state index in [1.165, 1.54) is 13.4 Å². The van der Waals surface area contributed by atoms with Gasteiger partial charge in [0, 0.05) is 5.69 Å². The molecule has 3 aromatic rings. The van der Waals surface area contributed by atoms with Crippen LogP contribution in [-0.2, 0) is 9.47 Å². The molecule has 2 aromatic carbocycles. The fourth-order valence-corrected chi connectivity index (χ4v) is 2.65. The molecule has 0 bridgehead atoms. The number of nitrogens with one attached hydrogen (secondary N) is 2. The lowest BCUT2D eigenvalue weighted by Gasteiger charge is -2.14. The van der Waals surface area contributed by atoms with Gasteiger partial charge in [-0.3, -0.25) is 0 Å². The van der Waals surface area contributed by atoms with Crippen LogP contribution in [0.5, 0.6) is 0 Å². The van der Waals surface area contributed by atoms with E-state index in [0.717, 1.165) is 0 Å². The molecule has 4 N–H and O–H groups in total. The second-order valence-electron chi connectivity index (χ2n) is 6.07. The van der Waals surface area contributed by atoms with Gasteiger partial charge in [-0.25, -0.2) is 19.6 Å². The fourth-order valence-electron chi connectivity index (χ4n) is 2.65. The molecule has 30 heavy (non-hydrogen) atoms. The third kappa shape index (κ3) is 4.64. The van der Waals surface area contributed by atoms with Crippen molar-refractivity contribution >= 4 is 40.6 Å². The number of hydrogen-bond donors (Lipinski definition) is 3. The van der Waals surface area contributed by atoms with Gasteiger partial charge in [-0.2, -0.15) is 0 Å². The number of nitrogen functional groups attached to an aromatic ring is 1. The van der Waals surface area contributed by atoms with Gasteiger partial charge in [0.25, 0.3) is 0 Å². The summed E-state index contributed by atoms with van der Waals surface area (Å²) in [4.78, 5) is 32.1. The molecule has 9 heteroatoms. The highest BCUT2D eigenvalue weighted by atomic mass is 16.5. The minimum Gasteiger partial charge on any atom is -0.465 e. The van der Waals surface area contributed by atoms with E-state index >= 15 is 0 Å². The average molecular weight is 407 g/mol. The van der Waals surface area contributed by atoms with Crippen LogP contribution in [-0.4, -0.2) is 35.6 Å². The van der Waals surface area contributed by atoms with E-state index < -0.39 is 11.9 Å². The number of methoxy groups -OCH3 is 1. The van der Waals surface area contributed by atoms with E-state index in [0.29, 0.717) is 34.1 Å². The van der Waals surface area contributed by atoms with Crippen molar-refractivity contribution in [1.29, 1.82) is 0 Å². The van der Waals surface area contributed by atoms with Crippen molar-refractivity contribution in [2.75, 3.05) is 30.1 Å². The lowest BCUT2D eigenvalue weighted by atomic mass is 10.1. The molecule has 1 heterocycles. The Kier molecular flexibility index (Phi) is 6.43. The number of nitrogens with zero attached hydrogens (tertiary/aromatic N) is 2. The molecule has 0 saturated heterocycles. The highest BCUT2D eigenvalue weighted by Crippen LogP contribution is 2.29. The van der Waals surface area contributed by atoms with Crippen molar-refractivity contribution in [3.63, 3.8) is 0 Å². The monoisotopic (exact) mass is 407 g/mol. The molecule has 0 aliphatic heterocycles. The molecule has 0 unspecified atom stereocenters. The molecule has 0 aliphatic rings. The molecule has 0 saturated carbocycles. The summed E-state index contributed by atoms with van der Waals surface area (Å²) in [5, 5.41) is 6.14. The zero-order chi connectivity index (χ0) is 21.5. The van der Waals surface area contributed by atoms with Gasteiger partial charge in [-0.05, 0) is 43.3 Å². The molecule has 154 valence electrons. The SMILES string of the molecule is CCOC(=O)c1ccccc1Nc1ncnc(Nc2ccc(C(=O)OC)cc2)c1N. The normalized spacial score (nSPS) is 10.2. The molecular weight excluding hydrogens is 386 g/mol. The molecule has 0 spiro atoms.